The molecule has 0 aliphatic rings. The van der Waals surface area contributed by atoms with E-state index in [0.717, 1.165) is 11.1 Å². The lowest BCUT2D eigenvalue weighted by Crippen LogP contribution is -2.12. The predicted octanol–water partition coefficient (Wildman–Crippen LogP) is 5.06. The number of hydrogen-bond acceptors (Lipinski definition) is 4. The van der Waals surface area contributed by atoms with Crippen LogP contribution in [-0.2, 0) is 6.54 Å². The summed E-state index contributed by atoms with van der Waals surface area (Å²) in [5.74, 6) is 0.317. The van der Waals surface area contributed by atoms with E-state index in [-0.39, 0.29) is 11.7 Å². The first kappa shape index (κ1) is 21.1. The standard InChI is InChI=1S/C26H23N3O3/c1-18(30)20-10-6-12-22(14-20)27-26(31)24-17-29(16-19-8-4-3-5-9-19)28-25(24)21-11-7-13-23(15-21)32-2/h3-15,17H,16H2,1-2H3,(H,27,31). The van der Waals surface area contributed by atoms with Crippen molar-refractivity contribution in [2.24, 2.45) is 0 Å². The molecular formula is C26H23N3O3. The third-order valence-electron chi connectivity index (χ3n) is 5.06. The number of aromatic nitrogens is 2. The van der Waals surface area contributed by atoms with Crippen molar-refractivity contribution in [2.45, 2.75) is 13.5 Å². The molecule has 0 fully saturated rings. The summed E-state index contributed by atoms with van der Waals surface area (Å²) in [5.41, 5.74) is 3.93. The van der Waals surface area contributed by atoms with Gasteiger partial charge < -0.3 is 10.1 Å². The molecule has 1 aromatic heterocycles. The van der Waals surface area contributed by atoms with Crippen LogP contribution in [0.4, 0.5) is 5.69 Å². The number of methoxy groups -OCH3 is 1. The normalized spacial score (nSPS) is 10.6. The molecule has 6 nitrogen and oxygen atoms in total. The Labute approximate surface area is 186 Å². The number of hydrogen-bond donors (Lipinski definition) is 1. The van der Waals surface area contributed by atoms with Gasteiger partial charge in [-0.25, -0.2) is 0 Å². The summed E-state index contributed by atoms with van der Waals surface area (Å²) < 4.78 is 7.10. The number of anilines is 1. The Hall–Kier alpha value is -4.19. The zero-order chi connectivity index (χ0) is 22.5. The van der Waals surface area contributed by atoms with Crippen LogP contribution in [0, 0.1) is 0 Å². The highest BCUT2D eigenvalue weighted by molar-refractivity contribution is 6.08. The molecule has 0 saturated heterocycles. The second kappa shape index (κ2) is 9.31. The van der Waals surface area contributed by atoms with Crippen molar-refractivity contribution in [3.05, 3.63) is 102 Å². The van der Waals surface area contributed by atoms with Crippen LogP contribution in [0.1, 0.15) is 33.2 Å². The van der Waals surface area contributed by atoms with Crippen molar-refractivity contribution in [2.75, 3.05) is 12.4 Å². The number of carbonyl (C=O) groups excluding carboxylic acids is 2. The van der Waals surface area contributed by atoms with Crippen molar-refractivity contribution in [3.8, 4) is 17.0 Å². The minimum Gasteiger partial charge on any atom is -0.497 e. The summed E-state index contributed by atoms with van der Waals surface area (Å²) in [6, 6.07) is 24.3. The van der Waals surface area contributed by atoms with Gasteiger partial charge in [0.25, 0.3) is 5.91 Å². The van der Waals surface area contributed by atoms with Crippen LogP contribution in [-0.4, -0.2) is 28.6 Å². The Morgan fingerprint density at radius 3 is 2.50 bits per heavy atom. The Morgan fingerprint density at radius 2 is 1.75 bits per heavy atom. The highest BCUT2D eigenvalue weighted by Gasteiger charge is 2.19. The number of ether oxygens (including phenoxy) is 1. The van der Waals surface area contributed by atoms with Crippen LogP contribution in [0.5, 0.6) is 5.75 Å². The minimum absolute atomic E-state index is 0.0613. The van der Waals surface area contributed by atoms with Crippen LogP contribution in [0.3, 0.4) is 0 Å². The summed E-state index contributed by atoms with van der Waals surface area (Å²) in [6.07, 6.45) is 1.74. The molecular weight excluding hydrogens is 402 g/mol. The molecule has 4 aromatic rings. The van der Waals surface area contributed by atoms with Gasteiger partial charge in [0.05, 0.1) is 19.2 Å². The monoisotopic (exact) mass is 425 g/mol. The number of nitrogens with zero attached hydrogens (tertiary/aromatic N) is 2. The van der Waals surface area contributed by atoms with Crippen molar-refractivity contribution in [1.82, 2.24) is 9.78 Å². The van der Waals surface area contributed by atoms with Gasteiger partial charge in [0, 0.05) is 23.0 Å². The Balaban J connectivity index is 1.70. The zero-order valence-electron chi connectivity index (χ0n) is 17.9. The quantitative estimate of drug-likeness (QED) is 0.420. The summed E-state index contributed by atoms with van der Waals surface area (Å²) in [6.45, 7) is 2.03. The maximum Gasteiger partial charge on any atom is 0.259 e. The first-order valence-corrected chi connectivity index (χ1v) is 10.2. The lowest BCUT2D eigenvalue weighted by Gasteiger charge is -2.07. The molecule has 0 saturated carbocycles. The fraction of sp³-hybridized carbons (Fsp3) is 0.115. The minimum atomic E-state index is -0.303. The summed E-state index contributed by atoms with van der Waals surface area (Å²) >= 11 is 0. The average Bonchev–Trinajstić information content (AvgIpc) is 3.24. The van der Waals surface area contributed by atoms with Gasteiger partial charge in [0.2, 0.25) is 0 Å². The molecule has 160 valence electrons. The first-order chi connectivity index (χ1) is 15.5. The molecule has 1 N–H and O–H groups in total. The summed E-state index contributed by atoms with van der Waals surface area (Å²) in [7, 11) is 1.60. The second-order valence-electron chi connectivity index (χ2n) is 7.40. The Bertz CT molecular complexity index is 1260. The third kappa shape index (κ3) is 4.75. The van der Waals surface area contributed by atoms with E-state index < -0.39 is 0 Å². The number of Topliss-reactive ketones (excluding diaryl/α,β-unsaturated/α-hetero) is 1. The maximum absolute atomic E-state index is 13.2. The highest BCUT2D eigenvalue weighted by Crippen LogP contribution is 2.27. The molecule has 32 heavy (non-hydrogen) atoms. The van der Waals surface area contributed by atoms with Gasteiger partial charge >= 0.3 is 0 Å². The largest absolute Gasteiger partial charge is 0.497 e. The molecule has 0 unspecified atom stereocenters. The van der Waals surface area contributed by atoms with Gasteiger partial charge in [-0.2, -0.15) is 5.10 Å². The van der Waals surface area contributed by atoms with Gasteiger partial charge in [0.1, 0.15) is 11.4 Å². The third-order valence-corrected chi connectivity index (χ3v) is 5.06. The Kier molecular flexibility index (Phi) is 6.12. The van der Waals surface area contributed by atoms with Crippen LogP contribution >= 0.6 is 0 Å². The fourth-order valence-electron chi connectivity index (χ4n) is 3.44. The molecule has 0 radical (unpaired) electrons. The molecule has 6 heteroatoms. The van der Waals surface area contributed by atoms with Crippen LogP contribution in [0.25, 0.3) is 11.3 Å². The Morgan fingerprint density at radius 1 is 0.969 bits per heavy atom. The molecule has 1 heterocycles. The smallest absolute Gasteiger partial charge is 0.259 e. The van der Waals surface area contributed by atoms with Crippen molar-refractivity contribution in [3.63, 3.8) is 0 Å². The molecule has 0 aliphatic heterocycles. The van der Waals surface area contributed by atoms with Crippen molar-refractivity contribution < 1.29 is 14.3 Å². The van der Waals surface area contributed by atoms with Gasteiger partial charge in [0.15, 0.2) is 5.78 Å². The number of ketones is 1. The molecule has 0 bridgehead atoms. The topological polar surface area (TPSA) is 73.2 Å². The van der Waals surface area contributed by atoms with E-state index in [1.165, 1.54) is 6.92 Å². The number of rotatable bonds is 7. The summed E-state index contributed by atoms with van der Waals surface area (Å²) in [4.78, 5) is 24.9. The van der Waals surface area contributed by atoms with Gasteiger partial charge in [-0.15, -0.1) is 0 Å². The zero-order valence-corrected chi connectivity index (χ0v) is 17.9. The van der Waals surface area contributed by atoms with Gasteiger partial charge in [-0.1, -0.05) is 54.6 Å². The molecule has 3 aromatic carbocycles. The van der Waals surface area contributed by atoms with Crippen LogP contribution < -0.4 is 10.1 Å². The van der Waals surface area contributed by atoms with Gasteiger partial charge in [-0.3, -0.25) is 14.3 Å². The first-order valence-electron chi connectivity index (χ1n) is 10.2. The highest BCUT2D eigenvalue weighted by atomic mass is 16.5. The maximum atomic E-state index is 13.2. The lowest BCUT2D eigenvalue weighted by molar-refractivity contribution is 0.101. The van der Waals surface area contributed by atoms with E-state index >= 15 is 0 Å². The second-order valence-corrected chi connectivity index (χ2v) is 7.40. The fourth-order valence-corrected chi connectivity index (χ4v) is 3.44. The van der Waals surface area contributed by atoms with E-state index in [2.05, 4.69) is 5.32 Å². The summed E-state index contributed by atoms with van der Waals surface area (Å²) in [5, 5.41) is 7.60. The molecule has 4 rings (SSSR count). The molecule has 0 aliphatic carbocycles. The van der Waals surface area contributed by atoms with E-state index in [0.29, 0.717) is 34.8 Å². The van der Waals surface area contributed by atoms with Gasteiger partial charge in [-0.05, 0) is 36.8 Å². The van der Waals surface area contributed by atoms with E-state index in [4.69, 9.17) is 9.84 Å². The molecule has 0 spiro atoms. The average molecular weight is 425 g/mol. The van der Waals surface area contributed by atoms with Crippen LogP contribution in [0.15, 0.2) is 85.1 Å². The van der Waals surface area contributed by atoms with Crippen molar-refractivity contribution in [1.29, 1.82) is 0 Å². The number of nitrogens with one attached hydrogen (secondary N) is 1. The SMILES string of the molecule is COc1cccc(-c2nn(Cc3ccccc3)cc2C(=O)Nc2cccc(C(C)=O)c2)c1. The predicted molar refractivity (Wildman–Crippen MR) is 124 cm³/mol. The van der Waals surface area contributed by atoms with Crippen LogP contribution in [0.2, 0.25) is 0 Å². The van der Waals surface area contributed by atoms with E-state index in [1.807, 2.05) is 54.6 Å². The number of benzene rings is 3. The molecule has 0 atom stereocenters. The van der Waals surface area contributed by atoms with E-state index in [9.17, 15) is 9.59 Å². The number of amides is 1. The van der Waals surface area contributed by atoms with E-state index in [1.54, 1.807) is 42.3 Å². The lowest BCUT2D eigenvalue weighted by atomic mass is 10.1. The number of carbonyl (C=O) groups is 2. The molecule has 1 amide bonds. The van der Waals surface area contributed by atoms with Crippen molar-refractivity contribution >= 4 is 17.4 Å².